The van der Waals surface area contributed by atoms with E-state index in [2.05, 4.69) is 28.6 Å². The molecular formula is C13H23ClIN3OS. The lowest BCUT2D eigenvalue weighted by Gasteiger charge is -2.10. The van der Waals surface area contributed by atoms with Crippen molar-refractivity contribution in [1.82, 2.24) is 10.6 Å². The Kier molecular flexibility index (Phi) is 12.6. The lowest BCUT2D eigenvalue weighted by Crippen LogP contribution is -2.38. The number of ether oxygens (including phenoxy) is 1. The summed E-state index contributed by atoms with van der Waals surface area (Å²) in [4.78, 5) is 5.76. The summed E-state index contributed by atoms with van der Waals surface area (Å²) in [5.41, 5.74) is 0. The molecule has 0 unspecified atom stereocenters. The minimum Gasteiger partial charge on any atom is -0.385 e. The number of nitrogens with zero attached hydrogens (tertiary/aromatic N) is 1. The molecule has 1 heterocycles. The molecule has 7 heteroatoms. The van der Waals surface area contributed by atoms with Crippen LogP contribution in [0.3, 0.4) is 0 Å². The van der Waals surface area contributed by atoms with Crippen molar-refractivity contribution in [1.29, 1.82) is 0 Å². The first kappa shape index (κ1) is 19.9. The van der Waals surface area contributed by atoms with Crippen molar-refractivity contribution in [3.63, 3.8) is 0 Å². The smallest absolute Gasteiger partial charge is 0.191 e. The van der Waals surface area contributed by atoms with Crippen LogP contribution in [-0.2, 0) is 11.2 Å². The van der Waals surface area contributed by atoms with Crippen LogP contribution in [0, 0.1) is 0 Å². The largest absolute Gasteiger partial charge is 0.385 e. The molecule has 0 aromatic carbocycles. The van der Waals surface area contributed by atoms with Crippen molar-refractivity contribution < 1.29 is 4.74 Å². The van der Waals surface area contributed by atoms with Crippen LogP contribution < -0.4 is 10.6 Å². The van der Waals surface area contributed by atoms with Crippen molar-refractivity contribution in [2.75, 3.05) is 33.4 Å². The number of hydrogen-bond donors (Lipinski definition) is 2. The normalized spacial score (nSPS) is 11.1. The number of halogens is 2. The van der Waals surface area contributed by atoms with Crippen LogP contribution in [0.2, 0.25) is 4.34 Å². The van der Waals surface area contributed by atoms with E-state index in [-0.39, 0.29) is 24.0 Å². The number of methoxy groups -OCH3 is 1. The third-order valence-electron chi connectivity index (χ3n) is 2.41. The molecule has 0 aliphatic heterocycles. The third-order valence-corrected chi connectivity index (χ3v) is 3.70. The SMILES string of the molecule is CCNC(=NCCCOC)NCCc1ccc(Cl)s1.I. The summed E-state index contributed by atoms with van der Waals surface area (Å²) in [7, 11) is 1.71. The van der Waals surface area contributed by atoms with E-state index >= 15 is 0 Å². The number of rotatable bonds is 8. The zero-order valence-corrected chi connectivity index (χ0v) is 15.9. The van der Waals surface area contributed by atoms with E-state index in [1.54, 1.807) is 18.4 Å². The molecule has 0 saturated heterocycles. The van der Waals surface area contributed by atoms with Gasteiger partial charge in [-0.2, -0.15) is 0 Å². The first-order valence-corrected chi connectivity index (χ1v) is 7.71. The summed E-state index contributed by atoms with van der Waals surface area (Å²) in [6, 6.07) is 4.00. The minimum atomic E-state index is 0. The molecule has 4 nitrogen and oxygen atoms in total. The molecule has 0 aliphatic rings. The van der Waals surface area contributed by atoms with Crippen molar-refractivity contribution in [3.05, 3.63) is 21.3 Å². The fourth-order valence-electron chi connectivity index (χ4n) is 1.53. The Bertz CT molecular complexity index is 387. The zero-order valence-electron chi connectivity index (χ0n) is 11.9. The number of nitrogens with one attached hydrogen (secondary N) is 2. The first-order chi connectivity index (χ1) is 9.26. The van der Waals surface area contributed by atoms with E-state index in [0.29, 0.717) is 0 Å². The van der Waals surface area contributed by atoms with Crippen molar-refractivity contribution in [2.45, 2.75) is 19.8 Å². The summed E-state index contributed by atoms with van der Waals surface area (Å²) < 4.78 is 5.85. The molecule has 0 radical (unpaired) electrons. The molecule has 0 aliphatic carbocycles. The van der Waals surface area contributed by atoms with Crippen LogP contribution in [0.25, 0.3) is 0 Å². The highest BCUT2D eigenvalue weighted by Crippen LogP contribution is 2.21. The van der Waals surface area contributed by atoms with Crippen molar-refractivity contribution in [2.24, 2.45) is 4.99 Å². The van der Waals surface area contributed by atoms with Gasteiger partial charge in [-0.25, -0.2) is 0 Å². The molecule has 0 atom stereocenters. The fraction of sp³-hybridized carbons (Fsp3) is 0.615. The number of guanidine groups is 1. The second-order valence-corrected chi connectivity index (χ2v) is 5.79. The van der Waals surface area contributed by atoms with Crippen LogP contribution in [0.1, 0.15) is 18.2 Å². The van der Waals surface area contributed by atoms with Gasteiger partial charge in [0.15, 0.2) is 5.96 Å². The Morgan fingerprint density at radius 3 is 2.80 bits per heavy atom. The van der Waals surface area contributed by atoms with Crippen LogP contribution in [0.4, 0.5) is 0 Å². The van der Waals surface area contributed by atoms with Crippen LogP contribution in [0.15, 0.2) is 17.1 Å². The molecule has 1 aromatic heterocycles. The van der Waals surface area contributed by atoms with Crippen LogP contribution >= 0.6 is 46.9 Å². The van der Waals surface area contributed by atoms with Gasteiger partial charge in [0.05, 0.1) is 4.34 Å². The molecule has 116 valence electrons. The Morgan fingerprint density at radius 2 is 2.20 bits per heavy atom. The van der Waals surface area contributed by atoms with Gasteiger partial charge < -0.3 is 15.4 Å². The fourth-order valence-corrected chi connectivity index (χ4v) is 2.62. The van der Waals surface area contributed by atoms with E-state index in [9.17, 15) is 0 Å². The first-order valence-electron chi connectivity index (χ1n) is 6.51. The predicted octanol–water partition coefficient (Wildman–Crippen LogP) is 3.15. The molecule has 20 heavy (non-hydrogen) atoms. The highest BCUT2D eigenvalue weighted by atomic mass is 127. The summed E-state index contributed by atoms with van der Waals surface area (Å²) >= 11 is 7.53. The van der Waals surface area contributed by atoms with E-state index in [1.165, 1.54) is 4.88 Å². The quantitative estimate of drug-likeness (QED) is 0.288. The van der Waals surface area contributed by atoms with Gasteiger partial charge in [0.2, 0.25) is 0 Å². The number of aliphatic imine (C=N–C) groups is 1. The average molecular weight is 432 g/mol. The minimum absolute atomic E-state index is 0. The molecule has 1 rings (SSSR count). The molecule has 0 amide bonds. The van der Waals surface area contributed by atoms with Crippen molar-refractivity contribution in [3.8, 4) is 0 Å². The Hall–Kier alpha value is -0.0500. The Balaban J connectivity index is 0.00000361. The topological polar surface area (TPSA) is 45.7 Å². The summed E-state index contributed by atoms with van der Waals surface area (Å²) in [5, 5.41) is 6.54. The van der Waals surface area contributed by atoms with Gasteiger partial charge in [0.1, 0.15) is 0 Å². The number of hydrogen-bond acceptors (Lipinski definition) is 3. The van der Waals surface area contributed by atoms with E-state index in [4.69, 9.17) is 16.3 Å². The van der Waals surface area contributed by atoms with Crippen LogP contribution in [0.5, 0.6) is 0 Å². The van der Waals surface area contributed by atoms with Crippen LogP contribution in [-0.4, -0.2) is 39.3 Å². The highest BCUT2D eigenvalue weighted by Gasteiger charge is 2.00. The lowest BCUT2D eigenvalue weighted by atomic mass is 10.3. The third kappa shape index (κ3) is 8.99. The second-order valence-electron chi connectivity index (χ2n) is 3.99. The van der Waals surface area contributed by atoms with E-state index < -0.39 is 0 Å². The monoisotopic (exact) mass is 431 g/mol. The Morgan fingerprint density at radius 1 is 1.40 bits per heavy atom. The zero-order chi connectivity index (χ0) is 13.9. The standard InChI is InChI=1S/C13H22ClN3OS.HI/c1-3-15-13(16-8-4-10-18-2)17-9-7-11-5-6-12(14)19-11;/h5-6H,3-4,7-10H2,1-2H3,(H2,15,16,17);1H. The van der Waals surface area contributed by atoms with Gasteiger partial charge in [-0.05, 0) is 31.9 Å². The van der Waals surface area contributed by atoms with Gasteiger partial charge >= 0.3 is 0 Å². The van der Waals surface area contributed by atoms with Gasteiger partial charge in [0, 0.05) is 38.2 Å². The molecule has 2 N–H and O–H groups in total. The van der Waals surface area contributed by atoms with Gasteiger partial charge in [-0.1, -0.05) is 11.6 Å². The maximum atomic E-state index is 5.90. The predicted molar refractivity (Wildman–Crippen MR) is 98.9 cm³/mol. The lowest BCUT2D eigenvalue weighted by molar-refractivity contribution is 0.197. The molecule has 0 bridgehead atoms. The molecule has 1 aromatic rings. The summed E-state index contributed by atoms with van der Waals surface area (Å²) in [6.07, 6.45) is 1.90. The maximum absolute atomic E-state index is 5.90. The Labute approximate surface area is 147 Å². The molecule has 0 spiro atoms. The highest BCUT2D eigenvalue weighted by molar-refractivity contribution is 14.0. The van der Waals surface area contributed by atoms with E-state index in [1.807, 2.05) is 6.07 Å². The molecule has 0 saturated carbocycles. The molecular weight excluding hydrogens is 409 g/mol. The van der Waals surface area contributed by atoms with Gasteiger partial charge in [-0.3, -0.25) is 4.99 Å². The average Bonchev–Trinajstić information content (AvgIpc) is 2.80. The van der Waals surface area contributed by atoms with Gasteiger partial charge in [-0.15, -0.1) is 35.3 Å². The maximum Gasteiger partial charge on any atom is 0.191 e. The molecule has 0 fully saturated rings. The summed E-state index contributed by atoms with van der Waals surface area (Å²) in [5.74, 6) is 0.862. The van der Waals surface area contributed by atoms with E-state index in [0.717, 1.165) is 49.4 Å². The van der Waals surface area contributed by atoms with Gasteiger partial charge in [0.25, 0.3) is 0 Å². The number of thiophene rings is 1. The second kappa shape index (κ2) is 12.7. The summed E-state index contributed by atoms with van der Waals surface area (Å²) in [6.45, 7) is 5.30. The van der Waals surface area contributed by atoms with Crippen molar-refractivity contribution >= 4 is 52.9 Å².